The van der Waals surface area contributed by atoms with Crippen molar-refractivity contribution in [2.45, 2.75) is 46.1 Å². The van der Waals surface area contributed by atoms with Gasteiger partial charge in [-0.3, -0.25) is 14.4 Å². The molecule has 0 spiro atoms. The second-order valence-corrected chi connectivity index (χ2v) is 11.8. The Morgan fingerprint density at radius 2 is 1.67 bits per heavy atom. The summed E-state index contributed by atoms with van der Waals surface area (Å²) in [5.41, 5.74) is 8.23. The molecule has 3 aromatic carbocycles. The monoisotopic (exact) mass is 655 g/mol. The minimum Gasteiger partial charge on any atom is -0.537 e. The summed E-state index contributed by atoms with van der Waals surface area (Å²) in [4.78, 5) is 60.2. The quantitative estimate of drug-likeness (QED) is 0.0669. The molecule has 49 heavy (non-hydrogen) atoms. The molecule has 11 nitrogen and oxygen atoms in total. The number of rotatable bonds is 11. The average Bonchev–Trinajstić information content (AvgIpc) is 3.65. The maximum Gasteiger partial charge on any atom is 0.377 e. The number of ether oxygens (including phenoxy) is 2. The van der Waals surface area contributed by atoms with Gasteiger partial charge in [0.05, 0.1) is 29.0 Å². The lowest BCUT2D eigenvalue weighted by Gasteiger charge is -2.15. The molecule has 0 radical (unpaired) electrons. The number of pyridine rings is 2. The molecule has 1 aliphatic heterocycles. The van der Waals surface area contributed by atoms with E-state index in [1.54, 1.807) is 24.5 Å². The molecule has 0 fully saturated rings. The highest BCUT2D eigenvalue weighted by molar-refractivity contribution is 6.48. The van der Waals surface area contributed by atoms with Crippen LogP contribution in [0.3, 0.4) is 0 Å². The average molecular weight is 655 g/mol. The van der Waals surface area contributed by atoms with Gasteiger partial charge in [0.1, 0.15) is 18.9 Å². The van der Waals surface area contributed by atoms with Gasteiger partial charge in [0, 0.05) is 34.1 Å². The Bertz CT molecular complexity index is 2200. The van der Waals surface area contributed by atoms with Crippen LogP contribution in [0.2, 0.25) is 0 Å². The van der Waals surface area contributed by atoms with E-state index in [1.807, 2.05) is 72.8 Å². The minimum atomic E-state index is -1.06. The number of hydrogen-bond acceptors (Lipinski definition) is 10. The molecule has 2 aliphatic rings. The fourth-order valence-corrected chi connectivity index (χ4v) is 6.17. The summed E-state index contributed by atoms with van der Waals surface area (Å²) < 4.78 is 17.5. The third-order valence-electron chi connectivity index (χ3n) is 8.66. The minimum absolute atomic E-state index is 0.136. The Morgan fingerprint density at radius 1 is 0.959 bits per heavy atom. The van der Waals surface area contributed by atoms with Gasteiger partial charge in [-0.25, -0.2) is 9.78 Å². The Hall–Kier alpha value is -6.04. The molecule has 1 atom stereocenters. The second-order valence-electron chi connectivity index (χ2n) is 11.8. The molecular weight excluding hydrogens is 625 g/mol. The van der Waals surface area contributed by atoms with Crippen molar-refractivity contribution < 1.29 is 33.3 Å². The van der Waals surface area contributed by atoms with Crippen LogP contribution in [0, 0.1) is 0 Å². The zero-order valence-electron chi connectivity index (χ0n) is 26.8. The van der Waals surface area contributed by atoms with Crippen LogP contribution in [0.1, 0.15) is 48.1 Å². The van der Waals surface area contributed by atoms with E-state index in [-0.39, 0.29) is 44.8 Å². The third-order valence-corrected chi connectivity index (χ3v) is 8.66. The van der Waals surface area contributed by atoms with Crippen LogP contribution in [0.4, 0.5) is 0 Å². The highest BCUT2D eigenvalue weighted by atomic mass is 16.7. The standard InChI is InChI=1S/C37H30BN3O8/c1-3-33(43)46-19-30-24(16-32-34-23(17-41(32)36(30)44)14-22-15-25(38-48-20-42)12-13-31(22)39-34)18-47-37(45)21(2)49-40-35-28-10-6-4-8-26(28)27-9-5-7-11-29(27)35/h4-16,20-21,38H,3,17-19H2,1-2H3. The summed E-state index contributed by atoms with van der Waals surface area (Å²) in [6, 6.07) is 24.9. The van der Waals surface area contributed by atoms with Crippen LogP contribution < -0.4 is 11.0 Å². The summed E-state index contributed by atoms with van der Waals surface area (Å²) in [7, 11) is 0.136. The maximum absolute atomic E-state index is 13.9. The molecule has 0 bridgehead atoms. The largest absolute Gasteiger partial charge is 0.537 e. The number of hydrogen-bond donors (Lipinski definition) is 0. The predicted molar refractivity (Wildman–Crippen MR) is 182 cm³/mol. The number of carbonyl (C=O) groups is 3. The van der Waals surface area contributed by atoms with E-state index in [4.69, 9.17) is 23.9 Å². The molecule has 0 N–H and O–H groups in total. The first kappa shape index (κ1) is 31.6. The third kappa shape index (κ3) is 5.97. The smallest absolute Gasteiger partial charge is 0.377 e. The Kier molecular flexibility index (Phi) is 8.52. The summed E-state index contributed by atoms with van der Waals surface area (Å²) in [6.07, 6.45) is -0.912. The first-order chi connectivity index (χ1) is 23.9. The van der Waals surface area contributed by atoms with Crippen LogP contribution >= 0.6 is 0 Å². The second kappa shape index (κ2) is 13.2. The van der Waals surface area contributed by atoms with Gasteiger partial charge in [-0.05, 0) is 41.7 Å². The van der Waals surface area contributed by atoms with Crippen molar-refractivity contribution in [2.75, 3.05) is 0 Å². The number of fused-ring (bicyclic) bond motifs is 7. The first-order valence-electron chi connectivity index (χ1n) is 15.8. The van der Waals surface area contributed by atoms with Crippen LogP contribution in [0.25, 0.3) is 33.4 Å². The molecule has 3 heterocycles. The Balaban J connectivity index is 1.14. The normalized spacial score (nSPS) is 12.7. The number of nitrogens with zero attached hydrogens (tertiary/aromatic N) is 3. The molecule has 2 aromatic heterocycles. The van der Waals surface area contributed by atoms with Crippen LogP contribution in [0.5, 0.6) is 0 Å². The summed E-state index contributed by atoms with van der Waals surface area (Å²) in [5, 5.41) is 5.20. The predicted octanol–water partition coefficient (Wildman–Crippen LogP) is 3.91. The molecular formula is C37H30BN3O8. The van der Waals surface area contributed by atoms with Crippen molar-refractivity contribution in [3.63, 3.8) is 0 Å². The van der Waals surface area contributed by atoms with Gasteiger partial charge in [-0.15, -0.1) is 0 Å². The molecule has 0 saturated carbocycles. The summed E-state index contributed by atoms with van der Waals surface area (Å²) >= 11 is 0. The van der Waals surface area contributed by atoms with Gasteiger partial charge in [-0.1, -0.05) is 72.7 Å². The number of esters is 2. The zero-order valence-corrected chi connectivity index (χ0v) is 26.8. The lowest BCUT2D eigenvalue weighted by atomic mass is 9.87. The molecule has 244 valence electrons. The number of aromatic nitrogens is 2. The van der Waals surface area contributed by atoms with Crippen molar-refractivity contribution in [3.05, 3.63) is 117 Å². The Labute approximate surface area is 281 Å². The van der Waals surface area contributed by atoms with Gasteiger partial charge in [0.15, 0.2) is 0 Å². The van der Waals surface area contributed by atoms with Gasteiger partial charge in [0.25, 0.3) is 12.0 Å². The molecule has 5 aromatic rings. The van der Waals surface area contributed by atoms with Crippen molar-refractivity contribution in [1.29, 1.82) is 0 Å². The van der Waals surface area contributed by atoms with Crippen LogP contribution in [0.15, 0.2) is 88.8 Å². The van der Waals surface area contributed by atoms with Crippen LogP contribution in [-0.4, -0.2) is 47.3 Å². The van der Waals surface area contributed by atoms with E-state index in [1.165, 1.54) is 0 Å². The molecule has 1 unspecified atom stereocenters. The van der Waals surface area contributed by atoms with E-state index in [0.717, 1.165) is 38.7 Å². The lowest BCUT2D eigenvalue weighted by molar-refractivity contribution is -0.157. The number of benzene rings is 3. The van der Waals surface area contributed by atoms with Crippen molar-refractivity contribution >= 4 is 48.0 Å². The SMILES string of the molecule is CCC(=O)OCc1c(COC(=O)C(C)ON=C2c3ccccc3-c3ccccc32)cc2n(c1=O)Cc1cc3cc(BOC=O)ccc3nc1-2. The summed E-state index contributed by atoms with van der Waals surface area (Å²) in [5.74, 6) is -1.14. The molecule has 7 rings (SSSR count). The highest BCUT2D eigenvalue weighted by Crippen LogP contribution is 2.37. The van der Waals surface area contributed by atoms with Crippen LogP contribution in [-0.2, 0) is 53.1 Å². The molecule has 1 aliphatic carbocycles. The lowest BCUT2D eigenvalue weighted by Crippen LogP contribution is -2.27. The maximum atomic E-state index is 13.9. The van der Waals surface area contributed by atoms with E-state index >= 15 is 0 Å². The van der Waals surface area contributed by atoms with E-state index in [0.29, 0.717) is 34.7 Å². The summed E-state index contributed by atoms with van der Waals surface area (Å²) in [6.45, 7) is 3.33. The molecule has 12 heteroatoms. The number of oxime groups is 1. The molecule has 0 saturated heterocycles. The van der Waals surface area contributed by atoms with E-state index in [9.17, 15) is 19.2 Å². The molecule has 0 amide bonds. The number of carbonyl (C=O) groups excluding carboxylic acids is 3. The van der Waals surface area contributed by atoms with Crippen molar-refractivity contribution in [1.82, 2.24) is 9.55 Å². The van der Waals surface area contributed by atoms with Gasteiger partial charge < -0.3 is 23.5 Å². The van der Waals surface area contributed by atoms with Crippen molar-refractivity contribution in [3.8, 4) is 22.5 Å². The highest BCUT2D eigenvalue weighted by Gasteiger charge is 2.28. The fourth-order valence-electron chi connectivity index (χ4n) is 6.17. The fraction of sp³-hybridized carbons (Fsp3) is 0.189. The Morgan fingerprint density at radius 3 is 2.37 bits per heavy atom. The first-order valence-corrected chi connectivity index (χ1v) is 15.8. The van der Waals surface area contributed by atoms with Gasteiger partial charge >= 0.3 is 19.4 Å². The topological polar surface area (TPSA) is 135 Å². The zero-order chi connectivity index (χ0) is 34.1. The van der Waals surface area contributed by atoms with Gasteiger partial charge in [0.2, 0.25) is 6.10 Å². The van der Waals surface area contributed by atoms with Gasteiger partial charge in [-0.2, -0.15) is 0 Å². The van der Waals surface area contributed by atoms with Crippen molar-refractivity contribution in [2.24, 2.45) is 5.16 Å². The van der Waals surface area contributed by atoms with E-state index in [2.05, 4.69) is 5.16 Å². The van der Waals surface area contributed by atoms with E-state index < -0.39 is 18.0 Å².